The second kappa shape index (κ2) is 9.08. The maximum Gasteiger partial charge on any atom is 0.243 e. The van der Waals surface area contributed by atoms with Crippen molar-refractivity contribution in [3.8, 4) is 16.9 Å². The quantitative estimate of drug-likeness (QED) is 0.643. The van der Waals surface area contributed by atoms with Gasteiger partial charge >= 0.3 is 0 Å². The molecule has 0 spiro atoms. The molecule has 1 aliphatic rings. The summed E-state index contributed by atoms with van der Waals surface area (Å²) in [6, 6.07) is 14.3. The third kappa shape index (κ3) is 5.04. The van der Waals surface area contributed by atoms with Gasteiger partial charge in [-0.3, -0.25) is 0 Å². The van der Waals surface area contributed by atoms with Crippen LogP contribution in [0.4, 0.5) is 0 Å². The minimum atomic E-state index is -3.65. The first kappa shape index (κ1) is 22.8. The van der Waals surface area contributed by atoms with Crippen LogP contribution in [0.3, 0.4) is 0 Å². The highest BCUT2D eigenvalue weighted by atomic mass is 32.2. The van der Waals surface area contributed by atoms with Crippen LogP contribution in [0, 0.1) is 5.92 Å². The van der Waals surface area contributed by atoms with Crippen LogP contribution in [0.1, 0.15) is 26.7 Å². The van der Waals surface area contributed by atoms with Gasteiger partial charge < -0.3 is 4.74 Å². The van der Waals surface area contributed by atoms with Crippen LogP contribution >= 0.6 is 0 Å². The summed E-state index contributed by atoms with van der Waals surface area (Å²) in [6.07, 6.45) is 0.691. The van der Waals surface area contributed by atoms with Crippen molar-refractivity contribution in [3.05, 3.63) is 48.5 Å². The third-order valence-corrected chi connectivity index (χ3v) is 9.92. The van der Waals surface area contributed by atoms with E-state index in [9.17, 15) is 16.8 Å². The zero-order chi connectivity index (χ0) is 21.9. The Labute approximate surface area is 179 Å². The van der Waals surface area contributed by atoms with Crippen molar-refractivity contribution < 1.29 is 21.6 Å². The van der Waals surface area contributed by atoms with Gasteiger partial charge in [0.15, 0.2) is 9.84 Å². The number of hydrogen-bond acceptors (Lipinski definition) is 5. The summed E-state index contributed by atoms with van der Waals surface area (Å²) in [5.74, 6) is 0.981. The summed E-state index contributed by atoms with van der Waals surface area (Å²) < 4.78 is 57.5. The van der Waals surface area contributed by atoms with Gasteiger partial charge in [-0.2, -0.15) is 4.31 Å². The van der Waals surface area contributed by atoms with Gasteiger partial charge in [-0.25, -0.2) is 16.8 Å². The predicted octanol–water partition coefficient (Wildman–Crippen LogP) is 3.59. The second-order valence-corrected chi connectivity index (χ2v) is 12.3. The number of benzene rings is 2. The molecule has 0 radical (unpaired) electrons. The maximum absolute atomic E-state index is 13.0. The van der Waals surface area contributed by atoms with Crippen molar-refractivity contribution in [2.24, 2.45) is 5.92 Å². The third-order valence-electron chi connectivity index (χ3n) is 5.39. The van der Waals surface area contributed by atoms with Gasteiger partial charge in [0.25, 0.3) is 0 Å². The van der Waals surface area contributed by atoms with E-state index in [1.807, 2.05) is 38.1 Å². The van der Waals surface area contributed by atoms with E-state index in [0.29, 0.717) is 12.8 Å². The van der Waals surface area contributed by atoms with Crippen LogP contribution in [0.15, 0.2) is 53.4 Å². The van der Waals surface area contributed by atoms with Gasteiger partial charge in [-0.1, -0.05) is 38.1 Å². The van der Waals surface area contributed by atoms with Crippen molar-refractivity contribution in [3.63, 3.8) is 0 Å². The lowest BCUT2D eigenvalue weighted by Gasteiger charge is -2.31. The summed E-state index contributed by atoms with van der Waals surface area (Å²) in [5, 5.41) is -0.455. The van der Waals surface area contributed by atoms with E-state index in [-0.39, 0.29) is 29.7 Å². The number of sulfone groups is 1. The first-order valence-electron chi connectivity index (χ1n) is 10.1. The van der Waals surface area contributed by atoms with Gasteiger partial charge in [0.05, 0.1) is 23.0 Å². The lowest BCUT2D eigenvalue weighted by atomic mass is 10.1. The number of hydrogen-bond donors (Lipinski definition) is 0. The number of nitrogens with zero attached hydrogens (tertiary/aromatic N) is 1. The Morgan fingerprint density at radius 1 is 0.900 bits per heavy atom. The average Bonchev–Trinajstić information content (AvgIpc) is 2.73. The fourth-order valence-corrected chi connectivity index (χ4v) is 7.38. The monoisotopic (exact) mass is 451 g/mol. The fraction of sp³-hybridized carbons (Fsp3) is 0.455. The maximum atomic E-state index is 13.0. The van der Waals surface area contributed by atoms with Gasteiger partial charge in [0.1, 0.15) is 5.75 Å². The highest BCUT2D eigenvalue weighted by Crippen LogP contribution is 2.28. The summed E-state index contributed by atoms with van der Waals surface area (Å²) >= 11 is 0. The summed E-state index contributed by atoms with van der Waals surface area (Å²) in [7, 11) is -5.22. The Morgan fingerprint density at radius 3 is 1.87 bits per heavy atom. The molecule has 0 bridgehead atoms. The van der Waals surface area contributed by atoms with Crippen LogP contribution in [-0.4, -0.2) is 52.3 Å². The van der Waals surface area contributed by atoms with E-state index in [2.05, 4.69) is 0 Å². The fourth-order valence-electron chi connectivity index (χ4n) is 3.78. The molecule has 2 aromatic rings. The second-order valence-electron chi connectivity index (χ2n) is 8.08. The lowest BCUT2D eigenvalue weighted by Crippen LogP contribution is -2.43. The van der Waals surface area contributed by atoms with Crippen molar-refractivity contribution >= 4 is 19.9 Å². The molecular weight excluding hydrogens is 422 g/mol. The minimum Gasteiger partial charge on any atom is -0.497 e. The number of rotatable bonds is 7. The van der Waals surface area contributed by atoms with Crippen LogP contribution < -0.4 is 4.74 Å². The van der Waals surface area contributed by atoms with Gasteiger partial charge in [0, 0.05) is 13.1 Å². The van der Waals surface area contributed by atoms with Crippen molar-refractivity contribution in [2.75, 3.05) is 26.0 Å². The summed E-state index contributed by atoms with van der Waals surface area (Å²) in [4.78, 5) is 0.225. The Balaban J connectivity index is 1.70. The van der Waals surface area contributed by atoms with E-state index in [0.717, 1.165) is 16.9 Å². The highest BCUT2D eigenvalue weighted by molar-refractivity contribution is 7.92. The Hall–Kier alpha value is -1.90. The van der Waals surface area contributed by atoms with E-state index >= 15 is 0 Å². The molecule has 0 amide bonds. The Kier molecular flexibility index (Phi) is 6.89. The zero-order valence-electron chi connectivity index (χ0n) is 17.6. The van der Waals surface area contributed by atoms with Crippen LogP contribution in [-0.2, 0) is 19.9 Å². The predicted molar refractivity (Wildman–Crippen MR) is 119 cm³/mol. The molecule has 1 heterocycles. The van der Waals surface area contributed by atoms with Crippen LogP contribution in [0.5, 0.6) is 5.75 Å². The number of methoxy groups -OCH3 is 1. The van der Waals surface area contributed by atoms with Gasteiger partial charge in [0.2, 0.25) is 10.0 Å². The molecule has 2 aromatic carbocycles. The Morgan fingerprint density at radius 2 is 1.40 bits per heavy atom. The molecule has 0 N–H and O–H groups in total. The molecule has 6 nitrogen and oxygen atoms in total. The Bertz CT molecular complexity index is 1050. The first-order valence-corrected chi connectivity index (χ1v) is 13.3. The van der Waals surface area contributed by atoms with E-state index in [4.69, 9.17) is 4.74 Å². The number of ether oxygens (including phenoxy) is 1. The molecule has 1 saturated heterocycles. The van der Waals surface area contributed by atoms with E-state index in [1.54, 1.807) is 31.4 Å². The van der Waals surface area contributed by atoms with E-state index in [1.165, 1.54) is 4.31 Å². The first-order chi connectivity index (χ1) is 14.1. The molecule has 1 aliphatic heterocycles. The molecule has 8 heteroatoms. The molecule has 30 heavy (non-hydrogen) atoms. The lowest BCUT2D eigenvalue weighted by molar-refractivity contribution is 0.345. The average molecular weight is 452 g/mol. The zero-order valence-corrected chi connectivity index (χ0v) is 19.2. The van der Waals surface area contributed by atoms with Crippen LogP contribution in [0.25, 0.3) is 11.1 Å². The smallest absolute Gasteiger partial charge is 0.243 e. The molecule has 1 fully saturated rings. The van der Waals surface area contributed by atoms with Gasteiger partial charge in [-0.05, 0) is 54.2 Å². The minimum absolute atomic E-state index is 0.0704. The topological polar surface area (TPSA) is 80.8 Å². The molecule has 0 unspecified atom stereocenters. The summed E-state index contributed by atoms with van der Waals surface area (Å²) in [6.45, 7) is 4.22. The summed E-state index contributed by atoms with van der Waals surface area (Å²) in [5.41, 5.74) is 1.88. The highest BCUT2D eigenvalue weighted by Gasteiger charge is 2.35. The molecule has 0 aromatic heterocycles. The normalized spacial score (nSPS) is 16.7. The van der Waals surface area contributed by atoms with E-state index < -0.39 is 25.1 Å². The molecule has 3 rings (SSSR count). The molecule has 0 aliphatic carbocycles. The molecular formula is C22H29NO5S2. The SMILES string of the molecule is COc1ccc(-c2ccc(S(=O)(=O)N3CCC(S(=O)(=O)CC(C)C)CC3)cc2)cc1. The molecule has 0 atom stereocenters. The van der Waals surface area contributed by atoms with Crippen LogP contribution in [0.2, 0.25) is 0 Å². The molecule has 0 saturated carbocycles. The van der Waals surface area contributed by atoms with Crippen molar-refractivity contribution in [1.29, 1.82) is 0 Å². The van der Waals surface area contributed by atoms with Crippen molar-refractivity contribution in [1.82, 2.24) is 4.31 Å². The van der Waals surface area contributed by atoms with Gasteiger partial charge in [-0.15, -0.1) is 0 Å². The number of sulfonamides is 1. The standard InChI is InChI=1S/C22H29NO5S2/c1-17(2)16-29(24,25)21-12-14-23(15-13-21)30(26,27)22-10-6-19(7-11-22)18-4-8-20(28-3)9-5-18/h4-11,17,21H,12-16H2,1-3H3. The van der Waals surface area contributed by atoms with Crippen molar-refractivity contribution in [2.45, 2.75) is 36.8 Å². The molecule has 164 valence electrons. The largest absolute Gasteiger partial charge is 0.497 e. The number of piperidine rings is 1.